The maximum atomic E-state index is 12.5. The van der Waals surface area contributed by atoms with E-state index in [1.807, 2.05) is 6.07 Å². The van der Waals surface area contributed by atoms with Crippen LogP contribution in [0.4, 0.5) is 0 Å². The van der Waals surface area contributed by atoms with Crippen molar-refractivity contribution in [1.29, 1.82) is 0 Å². The molecule has 190 valence electrons. The molecule has 1 aromatic carbocycles. The number of rotatable bonds is 21. The Hall–Kier alpha value is -1.90. The number of unbranched alkanes of at least 4 members (excludes halogenated alkanes) is 18. The smallest absolute Gasteiger partial charge is 0.209 e. The fourth-order valence-electron chi connectivity index (χ4n) is 4.87. The van der Waals surface area contributed by atoms with Gasteiger partial charge >= 0.3 is 0 Å². The summed E-state index contributed by atoms with van der Waals surface area (Å²) in [7, 11) is 0. The molecule has 0 atom stereocenters. The molecule has 1 aliphatic rings. The molecule has 0 aliphatic heterocycles. The number of hydrogen-bond donors (Lipinski definition) is 1. The Morgan fingerprint density at radius 1 is 0.559 bits per heavy atom. The molecule has 0 saturated carbocycles. The van der Waals surface area contributed by atoms with Gasteiger partial charge in [0.2, 0.25) is 5.78 Å². The van der Waals surface area contributed by atoms with Gasteiger partial charge < -0.3 is 5.32 Å². The Morgan fingerprint density at radius 3 is 1.44 bits per heavy atom. The second kappa shape index (κ2) is 18.4. The first-order valence-electron chi connectivity index (χ1n) is 14.4. The highest BCUT2D eigenvalue weighted by molar-refractivity contribution is 6.24. The first-order valence-corrected chi connectivity index (χ1v) is 14.4. The van der Waals surface area contributed by atoms with E-state index in [9.17, 15) is 9.59 Å². The van der Waals surface area contributed by atoms with Gasteiger partial charge in [0.25, 0.3) is 0 Å². The number of hydrogen-bond acceptors (Lipinski definition) is 3. The minimum Gasteiger partial charge on any atom is -0.382 e. The standard InChI is InChI=1S/C31H49NO2/c1-2-3-4-5-6-7-8-9-10-11-12-13-14-15-16-17-18-19-22-25-32-29-26-30(33)27-23-20-21-24-28(27)31(29)34/h20-21,23-24,26,32H,2-19,22,25H2,1H3. The summed E-state index contributed by atoms with van der Waals surface area (Å²) in [6.45, 7) is 3.04. The third-order valence-corrected chi connectivity index (χ3v) is 7.05. The zero-order valence-corrected chi connectivity index (χ0v) is 21.8. The van der Waals surface area contributed by atoms with E-state index in [1.165, 1.54) is 122 Å². The molecule has 3 nitrogen and oxygen atoms in total. The summed E-state index contributed by atoms with van der Waals surface area (Å²) in [6.07, 6.45) is 27.5. The van der Waals surface area contributed by atoms with Crippen LogP contribution in [0.3, 0.4) is 0 Å². The first kappa shape index (κ1) is 28.3. The summed E-state index contributed by atoms with van der Waals surface area (Å²) in [5.41, 5.74) is 1.48. The van der Waals surface area contributed by atoms with Crippen LogP contribution in [0, 0.1) is 0 Å². The minimum atomic E-state index is -0.0779. The van der Waals surface area contributed by atoms with E-state index >= 15 is 0 Å². The maximum absolute atomic E-state index is 12.5. The third kappa shape index (κ3) is 11.5. The van der Waals surface area contributed by atoms with Gasteiger partial charge in [0.05, 0.1) is 5.70 Å². The quantitative estimate of drug-likeness (QED) is 0.183. The van der Waals surface area contributed by atoms with Crippen LogP contribution < -0.4 is 5.32 Å². The number of fused-ring (bicyclic) bond motifs is 1. The highest BCUT2D eigenvalue weighted by Crippen LogP contribution is 2.20. The van der Waals surface area contributed by atoms with Crippen LogP contribution in [0.1, 0.15) is 150 Å². The monoisotopic (exact) mass is 467 g/mol. The number of benzene rings is 1. The fraction of sp³-hybridized carbons (Fsp3) is 0.677. The lowest BCUT2D eigenvalue weighted by Gasteiger charge is -2.16. The molecule has 1 aliphatic carbocycles. The van der Waals surface area contributed by atoms with Gasteiger partial charge in [-0.3, -0.25) is 9.59 Å². The highest BCUT2D eigenvalue weighted by atomic mass is 16.1. The second-order valence-corrected chi connectivity index (χ2v) is 10.1. The summed E-state index contributed by atoms with van der Waals surface area (Å²) in [6, 6.07) is 7.07. The van der Waals surface area contributed by atoms with Gasteiger partial charge in [0.15, 0.2) is 5.78 Å². The van der Waals surface area contributed by atoms with Crippen molar-refractivity contribution in [1.82, 2.24) is 5.32 Å². The van der Waals surface area contributed by atoms with Gasteiger partial charge in [0, 0.05) is 23.7 Å². The lowest BCUT2D eigenvalue weighted by atomic mass is 9.93. The Bertz CT molecular complexity index is 737. The lowest BCUT2D eigenvalue weighted by molar-refractivity contribution is 0.0978. The minimum absolute atomic E-state index is 0.0620. The first-order chi connectivity index (χ1) is 16.7. The lowest BCUT2D eigenvalue weighted by Crippen LogP contribution is -2.27. The molecular weight excluding hydrogens is 418 g/mol. The SMILES string of the molecule is CCCCCCCCCCCCCCCCCCCCCNC1=CC(=O)c2ccccc2C1=O. The van der Waals surface area contributed by atoms with Crippen molar-refractivity contribution in [3.05, 3.63) is 47.2 Å². The van der Waals surface area contributed by atoms with Crippen molar-refractivity contribution in [2.75, 3.05) is 6.54 Å². The maximum Gasteiger partial charge on any atom is 0.209 e. The molecule has 34 heavy (non-hydrogen) atoms. The molecule has 3 heteroatoms. The summed E-state index contributed by atoms with van der Waals surface area (Å²) in [4.78, 5) is 24.7. The van der Waals surface area contributed by atoms with E-state index in [-0.39, 0.29) is 11.6 Å². The Balaban J connectivity index is 1.33. The van der Waals surface area contributed by atoms with Crippen molar-refractivity contribution in [2.24, 2.45) is 0 Å². The molecule has 0 fully saturated rings. The summed E-state index contributed by atoms with van der Waals surface area (Å²) < 4.78 is 0. The van der Waals surface area contributed by atoms with Crippen LogP contribution in [0.2, 0.25) is 0 Å². The van der Waals surface area contributed by atoms with Gasteiger partial charge in [-0.15, -0.1) is 0 Å². The van der Waals surface area contributed by atoms with E-state index in [0.29, 0.717) is 16.8 Å². The number of carbonyl (C=O) groups excluding carboxylic acids is 2. The van der Waals surface area contributed by atoms with Crippen molar-refractivity contribution in [3.8, 4) is 0 Å². The van der Waals surface area contributed by atoms with E-state index in [4.69, 9.17) is 0 Å². The van der Waals surface area contributed by atoms with Crippen molar-refractivity contribution in [3.63, 3.8) is 0 Å². The predicted octanol–water partition coefficient (Wildman–Crippen LogP) is 8.97. The van der Waals surface area contributed by atoms with Crippen LogP contribution in [0.25, 0.3) is 0 Å². The summed E-state index contributed by atoms with van der Waals surface area (Å²) in [5, 5.41) is 3.19. The van der Waals surface area contributed by atoms with E-state index < -0.39 is 0 Å². The van der Waals surface area contributed by atoms with Crippen molar-refractivity contribution < 1.29 is 9.59 Å². The average Bonchev–Trinajstić information content (AvgIpc) is 2.85. The average molecular weight is 468 g/mol. The van der Waals surface area contributed by atoms with Crippen LogP contribution in [-0.2, 0) is 0 Å². The Morgan fingerprint density at radius 2 is 0.971 bits per heavy atom. The van der Waals surface area contributed by atoms with E-state index in [1.54, 1.807) is 18.2 Å². The molecule has 0 unspecified atom stereocenters. The topological polar surface area (TPSA) is 46.2 Å². The Kier molecular flexibility index (Phi) is 15.4. The Labute approximate surface area is 209 Å². The largest absolute Gasteiger partial charge is 0.382 e. The zero-order chi connectivity index (χ0) is 24.3. The third-order valence-electron chi connectivity index (χ3n) is 7.05. The van der Waals surface area contributed by atoms with Gasteiger partial charge in [-0.1, -0.05) is 147 Å². The van der Waals surface area contributed by atoms with Gasteiger partial charge in [0.1, 0.15) is 0 Å². The van der Waals surface area contributed by atoms with Crippen LogP contribution in [0.5, 0.6) is 0 Å². The van der Waals surface area contributed by atoms with E-state index in [2.05, 4.69) is 12.2 Å². The molecule has 1 N–H and O–H groups in total. The van der Waals surface area contributed by atoms with Gasteiger partial charge in [-0.05, 0) is 6.42 Å². The number of allylic oxidation sites excluding steroid dienone is 2. The van der Waals surface area contributed by atoms with Gasteiger partial charge in [-0.25, -0.2) is 0 Å². The van der Waals surface area contributed by atoms with Gasteiger partial charge in [-0.2, -0.15) is 0 Å². The molecule has 2 rings (SSSR count). The molecule has 0 aromatic heterocycles. The van der Waals surface area contributed by atoms with E-state index in [0.717, 1.165) is 13.0 Å². The van der Waals surface area contributed by atoms with Crippen LogP contribution in [0.15, 0.2) is 36.0 Å². The predicted molar refractivity (Wildman–Crippen MR) is 145 cm³/mol. The second-order valence-electron chi connectivity index (χ2n) is 10.1. The normalized spacial score (nSPS) is 13.1. The van der Waals surface area contributed by atoms with Crippen molar-refractivity contribution in [2.45, 2.75) is 129 Å². The molecule has 0 spiro atoms. The summed E-state index contributed by atoms with van der Waals surface area (Å²) >= 11 is 0. The van der Waals surface area contributed by atoms with Crippen LogP contribution in [-0.4, -0.2) is 18.1 Å². The summed E-state index contributed by atoms with van der Waals surface area (Å²) in [5.74, 6) is -0.140. The number of carbonyl (C=O) groups is 2. The number of ketones is 2. The highest BCUT2D eigenvalue weighted by Gasteiger charge is 2.24. The van der Waals surface area contributed by atoms with Crippen molar-refractivity contribution >= 4 is 11.6 Å². The molecule has 0 amide bonds. The van der Waals surface area contributed by atoms with Crippen LogP contribution >= 0.6 is 0 Å². The molecule has 0 heterocycles. The molecule has 0 bridgehead atoms. The molecule has 1 aromatic rings. The fourth-order valence-corrected chi connectivity index (χ4v) is 4.87. The zero-order valence-electron chi connectivity index (χ0n) is 21.8. The number of nitrogens with one attached hydrogen (secondary N) is 1. The molecular formula is C31H49NO2. The molecule has 0 saturated heterocycles. The molecule has 0 radical (unpaired) electrons. The number of Topliss-reactive ketones (excluding diaryl/α,β-unsaturated/α-hetero) is 1.